The minimum Gasteiger partial charge on any atom is -0.332 e. The average molecular weight is 307 g/mol. The number of hydroxylamine groups is 2. The van der Waals surface area contributed by atoms with Gasteiger partial charge in [-0.2, -0.15) is 5.06 Å². The van der Waals surface area contributed by atoms with Gasteiger partial charge in [0.2, 0.25) is 0 Å². The molecule has 2 aliphatic carbocycles. The summed E-state index contributed by atoms with van der Waals surface area (Å²) in [4.78, 5) is 30.2. The van der Waals surface area contributed by atoms with Crippen LogP contribution in [0.5, 0.6) is 0 Å². The smallest absolute Gasteiger partial charge is 0.332 e. The van der Waals surface area contributed by atoms with Crippen molar-refractivity contribution in [1.82, 2.24) is 5.06 Å². The number of amides is 1. The topological polar surface area (TPSA) is 46.6 Å². The van der Waals surface area contributed by atoms with Gasteiger partial charge in [-0.3, -0.25) is 4.79 Å². The summed E-state index contributed by atoms with van der Waals surface area (Å²) in [6.07, 6.45) is 13.3. The molecule has 4 heteroatoms. The lowest BCUT2D eigenvalue weighted by Crippen LogP contribution is -2.36. The summed E-state index contributed by atoms with van der Waals surface area (Å²) in [6, 6.07) is 9.46. The Bertz CT molecular complexity index is 701. The van der Waals surface area contributed by atoms with Crippen LogP contribution in [0.3, 0.4) is 0 Å². The normalized spacial score (nSPS) is 15.7. The van der Waals surface area contributed by atoms with E-state index in [1.165, 1.54) is 0 Å². The van der Waals surface area contributed by atoms with Crippen molar-refractivity contribution in [2.24, 2.45) is 5.92 Å². The molecule has 0 N–H and O–H groups in total. The van der Waals surface area contributed by atoms with Crippen LogP contribution in [0.1, 0.15) is 12.0 Å². The highest BCUT2D eigenvalue weighted by atomic mass is 16.7. The van der Waals surface area contributed by atoms with Gasteiger partial charge >= 0.3 is 5.97 Å². The zero-order chi connectivity index (χ0) is 16.1. The van der Waals surface area contributed by atoms with Crippen LogP contribution < -0.4 is 0 Å². The van der Waals surface area contributed by atoms with Crippen LogP contribution in [0.4, 0.5) is 0 Å². The fourth-order valence-electron chi connectivity index (χ4n) is 2.43. The maximum Gasteiger partial charge on any atom is 0.362 e. The summed E-state index contributed by atoms with van der Waals surface area (Å²) >= 11 is 0. The van der Waals surface area contributed by atoms with Crippen molar-refractivity contribution >= 4 is 11.9 Å². The Balaban J connectivity index is 1.76. The number of benzene rings is 1. The Labute approximate surface area is 135 Å². The van der Waals surface area contributed by atoms with Crippen molar-refractivity contribution in [3.8, 4) is 0 Å². The molecule has 116 valence electrons. The fourth-order valence-corrected chi connectivity index (χ4v) is 2.43. The number of rotatable bonds is 4. The van der Waals surface area contributed by atoms with Crippen molar-refractivity contribution in [1.29, 1.82) is 0 Å². The van der Waals surface area contributed by atoms with Crippen LogP contribution >= 0.6 is 0 Å². The molecule has 3 rings (SSSR count). The van der Waals surface area contributed by atoms with Gasteiger partial charge in [0.25, 0.3) is 5.91 Å². The first-order valence-electron chi connectivity index (χ1n) is 7.53. The van der Waals surface area contributed by atoms with E-state index >= 15 is 0 Å². The van der Waals surface area contributed by atoms with Gasteiger partial charge in [0.15, 0.2) is 0 Å². The predicted octanol–water partition coefficient (Wildman–Crippen LogP) is 3.10. The molecule has 0 unspecified atom stereocenters. The van der Waals surface area contributed by atoms with Gasteiger partial charge in [0.05, 0.1) is 18.0 Å². The van der Waals surface area contributed by atoms with E-state index in [2.05, 4.69) is 0 Å². The van der Waals surface area contributed by atoms with Crippen LogP contribution in [-0.4, -0.2) is 16.9 Å². The third kappa shape index (κ3) is 3.66. The molecule has 0 atom stereocenters. The molecule has 23 heavy (non-hydrogen) atoms. The van der Waals surface area contributed by atoms with E-state index in [1.54, 1.807) is 24.3 Å². The van der Waals surface area contributed by atoms with E-state index in [4.69, 9.17) is 4.84 Å². The molecule has 1 aromatic rings. The first-order chi connectivity index (χ1) is 11.2. The molecule has 1 amide bonds. The van der Waals surface area contributed by atoms with Crippen molar-refractivity contribution in [2.45, 2.75) is 13.0 Å². The number of hydrogen-bond donors (Lipinski definition) is 0. The van der Waals surface area contributed by atoms with Crippen LogP contribution in [0.15, 0.2) is 78.4 Å². The van der Waals surface area contributed by atoms with Crippen molar-refractivity contribution < 1.29 is 14.4 Å². The molecule has 4 nitrogen and oxygen atoms in total. The zero-order valence-electron chi connectivity index (χ0n) is 12.6. The standard InChI is InChI=1S/C19H17NO3/c21-18(16-10-4-5-11-16)20(14-15-8-2-1-3-9-15)23-19(22)17-12-6-7-13-17/h1-6,8-13,16H,7,14H2. The zero-order valence-corrected chi connectivity index (χ0v) is 12.6. The second-order valence-corrected chi connectivity index (χ2v) is 5.33. The molecule has 0 saturated carbocycles. The summed E-state index contributed by atoms with van der Waals surface area (Å²) in [5.41, 5.74) is 1.38. The van der Waals surface area contributed by atoms with E-state index in [1.807, 2.05) is 48.6 Å². The third-order valence-electron chi connectivity index (χ3n) is 3.65. The summed E-state index contributed by atoms with van der Waals surface area (Å²) in [7, 11) is 0. The van der Waals surface area contributed by atoms with Gasteiger partial charge in [-0.1, -0.05) is 72.9 Å². The van der Waals surface area contributed by atoms with Crippen molar-refractivity contribution in [3.05, 3.63) is 84.0 Å². The van der Waals surface area contributed by atoms with Gasteiger partial charge in [-0.25, -0.2) is 4.79 Å². The largest absolute Gasteiger partial charge is 0.362 e. The van der Waals surface area contributed by atoms with Crippen LogP contribution in [0, 0.1) is 5.92 Å². The molecule has 0 fully saturated rings. The fraction of sp³-hybridized carbons (Fsp3) is 0.158. The first kappa shape index (κ1) is 15.0. The number of nitrogens with zero attached hydrogens (tertiary/aromatic N) is 1. The highest BCUT2D eigenvalue weighted by molar-refractivity contribution is 5.93. The maximum absolute atomic E-state index is 12.6. The minimum atomic E-state index is -0.506. The lowest BCUT2D eigenvalue weighted by molar-refractivity contribution is -0.198. The molecule has 0 aromatic heterocycles. The summed E-state index contributed by atoms with van der Waals surface area (Å²) in [5, 5.41) is 1.15. The number of carbonyl (C=O) groups excluding carboxylic acids is 2. The van der Waals surface area contributed by atoms with Gasteiger partial charge in [-0.15, -0.1) is 0 Å². The molecule has 0 aliphatic heterocycles. The quantitative estimate of drug-likeness (QED) is 0.803. The highest BCUT2D eigenvalue weighted by Crippen LogP contribution is 2.18. The Hall–Kier alpha value is -2.88. The van der Waals surface area contributed by atoms with Crippen molar-refractivity contribution in [3.63, 3.8) is 0 Å². The monoisotopic (exact) mass is 307 g/mol. The van der Waals surface area contributed by atoms with Crippen LogP contribution in [0.2, 0.25) is 0 Å². The summed E-state index contributed by atoms with van der Waals surface area (Å²) in [5.74, 6) is -1.15. The second kappa shape index (κ2) is 6.92. The third-order valence-corrected chi connectivity index (χ3v) is 3.65. The van der Waals surface area contributed by atoms with Gasteiger partial charge in [0, 0.05) is 0 Å². The molecule has 2 aliphatic rings. The van der Waals surface area contributed by atoms with Gasteiger partial charge in [0.1, 0.15) is 0 Å². The van der Waals surface area contributed by atoms with Crippen LogP contribution in [0.25, 0.3) is 0 Å². The molecular weight excluding hydrogens is 290 g/mol. The SMILES string of the molecule is O=C(ON(Cc1ccccc1)C(=O)C1C=CC=C1)C1=CCC=C1. The molecule has 0 radical (unpaired) electrons. The minimum absolute atomic E-state index is 0.223. The molecule has 0 spiro atoms. The highest BCUT2D eigenvalue weighted by Gasteiger charge is 2.26. The average Bonchev–Trinajstić information content (AvgIpc) is 3.27. The van der Waals surface area contributed by atoms with Crippen molar-refractivity contribution in [2.75, 3.05) is 0 Å². The maximum atomic E-state index is 12.6. The van der Waals surface area contributed by atoms with Gasteiger partial charge < -0.3 is 4.84 Å². The Morgan fingerprint density at radius 3 is 2.52 bits per heavy atom. The molecule has 0 bridgehead atoms. The Kier molecular flexibility index (Phi) is 4.52. The lowest BCUT2D eigenvalue weighted by Gasteiger charge is -2.23. The Morgan fingerprint density at radius 1 is 1.13 bits per heavy atom. The number of carbonyl (C=O) groups is 2. The second-order valence-electron chi connectivity index (χ2n) is 5.33. The molecular formula is C19H17NO3. The first-order valence-corrected chi connectivity index (χ1v) is 7.53. The van der Waals surface area contributed by atoms with E-state index in [0.29, 0.717) is 12.0 Å². The summed E-state index contributed by atoms with van der Waals surface area (Å²) < 4.78 is 0. The molecule has 1 aromatic carbocycles. The molecule has 0 heterocycles. The molecule has 0 saturated heterocycles. The predicted molar refractivity (Wildman–Crippen MR) is 86.7 cm³/mol. The van der Waals surface area contributed by atoms with E-state index < -0.39 is 5.97 Å². The van der Waals surface area contributed by atoms with E-state index in [9.17, 15) is 9.59 Å². The van der Waals surface area contributed by atoms with Gasteiger partial charge in [-0.05, 0) is 12.0 Å². The Morgan fingerprint density at radius 2 is 1.87 bits per heavy atom. The number of allylic oxidation sites excluding steroid dienone is 4. The van der Waals surface area contributed by atoms with E-state index in [0.717, 1.165) is 10.6 Å². The lowest BCUT2D eigenvalue weighted by atomic mass is 10.1. The summed E-state index contributed by atoms with van der Waals surface area (Å²) in [6.45, 7) is 0.223. The van der Waals surface area contributed by atoms with Crippen LogP contribution in [-0.2, 0) is 21.0 Å². The number of hydrogen-bond acceptors (Lipinski definition) is 3. The van der Waals surface area contributed by atoms with E-state index in [-0.39, 0.29) is 18.4 Å².